The van der Waals surface area contributed by atoms with Gasteiger partial charge in [-0.15, -0.1) is 0 Å². The van der Waals surface area contributed by atoms with E-state index in [4.69, 9.17) is 4.74 Å². The van der Waals surface area contributed by atoms with Crippen LogP contribution in [0.1, 0.15) is 52.4 Å². The lowest BCUT2D eigenvalue weighted by atomic mass is 9.84. The average molecular weight is 444 g/mol. The predicted molar refractivity (Wildman–Crippen MR) is 98.2 cm³/mol. The van der Waals surface area contributed by atoms with Gasteiger partial charge < -0.3 is 9.84 Å². The van der Waals surface area contributed by atoms with Crippen LogP contribution in [0, 0.1) is 35.5 Å². The van der Waals surface area contributed by atoms with E-state index in [0.29, 0.717) is 24.7 Å². The van der Waals surface area contributed by atoms with Crippen molar-refractivity contribution < 1.29 is 41.0 Å². The molecule has 3 nitrogen and oxygen atoms in total. The third-order valence-electron chi connectivity index (χ3n) is 7.00. The number of rotatable bonds is 4. The molecule has 0 heterocycles. The van der Waals surface area contributed by atoms with Gasteiger partial charge in [-0.25, -0.2) is 0 Å². The van der Waals surface area contributed by atoms with Crippen molar-refractivity contribution in [1.29, 1.82) is 0 Å². The number of fused-ring (bicyclic) bond motifs is 2. The first-order valence-corrected chi connectivity index (χ1v) is 10.3. The number of hydrogen-bond acceptors (Lipinski definition) is 3. The lowest BCUT2D eigenvalue weighted by Gasteiger charge is -2.35. The Morgan fingerprint density at radius 3 is 2.00 bits per heavy atom. The fourth-order valence-electron chi connectivity index (χ4n) is 5.07. The first kappa shape index (κ1) is 25.0. The molecule has 2 fully saturated rings. The number of aliphatic hydroxyl groups is 1. The monoisotopic (exact) mass is 444 g/mol. The Morgan fingerprint density at radius 1 is 1.03 bits per heavy atom. The summed E-state index contributed by atoms with van der Waals surface area (Å²) in [4.78, 5) is 11.1. The highest BCUT2D eigenvalue weighted by atomic mass is 19.4. The molecule has 0 radical (unpaired) electrons. The molecule has 174 valence electrons. The highest BCUT2D eigenvalue weighted by molar-refractivity contribution is 5.73. The number of esters is 1. The molecular formula is C21H30F6O3. The zero-order chi connectivity index (χ0) is 22.9. The molecule has 9 heteroatoms. The Kier molecular flexibility index (Phi) is 7.58. The molecule has 3 aliphatic rings. The maximum Gasteiger partial charge on any atom is 0.426 e. The van der Waals surface area contributed by atoms with Crippen molar-refractivity contribution in [2.45, 2.75) is 70.3 Å². The predicted octanol–water partition coefficient (Wildman–Crippen LogP) is 5.68. The summed E-state index contributed by atoms with van der Waals surface area (Å²) in [6.45, 7) is 3.51. The van der Waals surface area contributed by atoms with Crippen molar-refractivity contribution in [3.8, 4) is 0 Å². The molecule has 2 bridgehead atoms. The molecule has 6 unspecified atom stereocenters. The van der Waals surface area contributed by atoms with Gasteiger partial charge >= 0.3 is 18.3 Å². The van der Waals surface area contributed by atoms with Crippen LogP contribution in [-0.2, 0) is 9.53 Å². The summed E-state index contributed by atoms with van der Waals surface area (Å²) in [5.41, 5.74) is -4.60. The number of alkyl halides is 6. The van der Waals surface area contributed by atoms with E-state index in [1.54, 1.807) is 6.92 Å². The zero-order valence-electron chi connectivity index (χ0n) is 17.4. The van der Waals surface area contributed by atoms with Crippen LogP contribution in [0.5, 0.6) is 0 Å². The molecule has 3 aliphatic carbocycles. The van der Waals surface area contributed by atoms with E-state index in [1.807, 2.05) is 6.92 Å². The van der Waals surface area contributed by atoms with Crippen molar-refractivity contribution in [2.75, 3.05) is 7.11 Å². The van der Waals surface area contributed by atoms with Gasteiger partial charge in [0, 0.05) is 0 Å². The highest BCUT2D eigenvalue weighted by Gasteiger charge is 2.70. The second-order valence-corrected chi connectivity index (χ2v) is 8.95. The second-order valence-electron chi connectivity index (χ2n) is 8.95. The van der Waals surface area contributed by atoms with E-state index < -0.39 is 30.3 Å². The van der Waals surface area contributed by atoms with Gasteiger partial charge in [-0.3, -0.25) is 4.79 Å². The number of carbonyl (C=O) groups is 1. The molecule has 0 aromatic carbocycles. The van der Waals surface area contributed by atoms with Crippen molar-refractivity contribution in [3.05, 3.63) is 12.2 Å². The van der Waals surface area contributed by atoms with Crippen molar-refractivity contribution in [1.82, 2.24) is 0 Å². The number of allylic oxidation sites excluding steroid dienone is 2. The molecule has 0 aromatic heterocycles. The number of halogens is 6. The zero-order valence-corrected chi connectivity index (χ0v) is 17.4. The molecule has 1 N–H and O–H groups in total. The summed E-state index contributed by atoms with van der Waals surface area (Å²) in [5, 5.41) is 9.17. The summed E-state index contributed by atoms with van der Waals surface area (Å²) < 4.78 is 80.3. The van der Waals surface area contributed by atoms with E-state index >= 15 is 0 Å². The SMILES string of the molecule is CCC1CC(C)C(CC(O)(C(F)(F)F)C(F)(F)F)C1.COC(=O)C1CC2C=CC1C2. The quantitative estimate of drug-likeness (QED) is 0.345. The molecule has 0 aliphatic heterocycles. The molecule has 0 aromatic rings. The minimum absolute atomic E-state index is 0.0261. The lowest BCUT2D eigenvalue weighted by Crippen LogP contribution is -2.57. The second kappa shape index (κ2) is 9.09. The maximum atomic E-state index is 12.6. The number of methoxy groups -OCH3 is 1. The van der Waals surface area contributed by atoms with Crippen molar-refractivity contribution in [2.24, 2.45) is 35.5 Å². The maximum absolute atomic E-state index is 12.6. The first-order valence-electron chi connectivity index (χ1n) is 10.3. The first-order chi connectivity index (χ1) is 13.7. The van der Waals surface area contributed by atoms with E-state index in [0.717, 1.165) is 12.8 Å². The molecular weight excluding hydrogens is 414 g/mol. The third-order valence-corrected chi connectivity index (χ3v) is 7.00. The molecule has 0 saturated heterocycles. The summed E-state index contributed by atoms with van der Waals surface area (Å²) in [7, 11) is 1.47. The average Bonchev–Trinajstić information content (AvgIpc) is 3.36. The Hall–Kier alpha value is -1.25. The van der Waals surface area contributed by atoms with Gasteiger partial charge in [0.15, 0.2) is 0 Å². The van der Waals surface area contributed by atoms with Gasteiger partial charge in [0.05, 0.1) is 13.0 Å². The minimum atomic E-state index is -5.70. The van der Waals surface area contributed by atoms with Gasteiger partial charge in [0.1, 0.15) is 0 Å². The van der Waals surface area contributed by atoms with E-state index in [2.05, 4.69) is 12.2 Å². The van der Waals surface area contributed by atoms with Gasteiger partial charge in [0.2, 0.25) is 0 Å². The minimum Gasteiger partial charge on any atom is -0.469 e. The van der Waals surface area contributed by atoms with E-state index in [1.165, 1.54) is 13.5 Å². The van der Waals surface area contributed by atoms with Crippen LogP contribution in [0.15, 0.2) is 12.2 Å². The smallest absolute Gasteiger partial charge is 0.426 e. The van der Waals surface area contributed by atoms with Crippen LogP contribution in [0.25, 0.3) is 0 Å². The molecule has 3 rings (SSSR count). The van der Waals surface area contributed by atoms with Gasteiger partial charge in [0.25, 0.3) is 5.60 Å². The Morgan fingerprint density at radius 2 is 1.63 bits per heavy atom. The molecule has 6 atom stereocenters. The van der Waals surface area contributed by atoms with Crippen LogP contribution in [0.3, 0.4) is 0 Å². The molecule has 0 amide bonds. The van der Waals surface area contributed by atoms with Crippen LogP contribution >= 0.6 is 0 Å². The number of ether oxygens (including phenoxy) is 1. The third kappa shape index (κ3) is 5.14. The summed E-state index contributed by atoms with van der Waals surface area (Å²) in [6, 6.07) is 0. The number of carbonyl (C=O) groups excluding carboxylic acids is 1. The van der Waals surface area contributed by atoms with E-state index in [9.17, 15) is 36.2 Å². The Bertz CT molecular complexity index is 613. The fourth-order valence-corrected chi connectivity index (χ4v) is 5.07. The van der Waals surface area contributed by atoms with E-state index in [-0.39, 0.29) is 23.7 Å². The molecule has 30 heavy (non-hydrogen) atoms. The van der Waals surface area contributed by atoms with Gasteiger partial charge in [-0.1, -0.05) is 32.4 Å². The summed E-state index contributed by atoms with van der Waals surface area (Å²) in [5.74, 6) is 0.429. The summed E-state index contributed by atoms with van der Waals surface area (Å²) in [6.07, 6.45) is -4.47. The Balaban J connectivity index is 0.000000244. The molecule has 0 spiro atoms. The Labute approximate surface area is 172 Å². The van der Waals surface area contributed by atoms with Gasteiger partial charge in [-0.05, 0) is 61.7 Å². The largest absolute Gasteiger partial charge is 0.469 e. The van der Waals surface area contributed by atoms with Crippen molar-refractivity contribution in [3.63, 3.8) is 0 Å². The standard InChI is InChI=1S/C12H18F6O.C9H12O2/c1-3-8-4-7(2)9(5-8)6-10(19,11(13,14)15)12(16,17)18;1-11-9(10)8-5-6-2-3-7(8)4-6/h7-9,19H,3-6H2,1-2H3;2-3,6-8H,4-5H2,1H3. The van der Waals surface area contributed by atoms with Gasteiger partial charge in [-0.2, -0.15) is 26.3 Å². The van der Waals surface area contributed by atoms with Crippen LogP contribution in [-0.4, -0.2) is 36.1 Å². The van der Waals surface area contributed by atoms with Crippen molar-refractivity contribution >= 4 is 5.97 Å². The summed E-state index contributed by atoms with van der Waals surface area (Å²) >= 11 is 0. The lowest BCUT2D eigenvalue weighted by molar-refractivity contribution is -0.373. The topological polar surface area (TPSA) is 46.5 Å². The van der Waals surface area contributed by atoms with Crippen LogP contribution in [0.2, 0.25) is 0 Å². The number of hydrogen-bond donors (Lipinski definition) is 1. The van der Waals surface area contributed by atoms with Crippen LogP contribution < -0.4 is 0 Å². The van der Waals surface area contributed by atoms with Crippen LogP contribution in [0.4, 0.5) is 26.3 Å². The fraction of sp³-hybridized carbons (Fsp3) is 0.857. The normalized spacial score (nSPS) is 33.4. The highest BCUT2D eigenvalue weighted by Crippen LogP contribution is 2.51. The molecule has 2 saturated carbocycles.